The molecule has 0 unspecified atom stereocenters. The Hall–Kier alpha value is -2.03. The van der Waals surface area contributed by atoms with Crippen molar-refractivity contribution in [3.05, 3.63) is 6.20 Å². The van der Waals surface area contributed by atoms with Crippen LogP contribution < -0.4 is 10.1 Å². The number of carbonyl (C=O) groups is 1. The van der Waals surface area contributed by atoms with Crippen LogP contribution in [-0.2, 0) is 18.4 Å². The zero-order chi connectivity index (χ0) is 15.4. The largest absolute Gasteiger partial charge is 0.479 e. The second-order valence-electron chi connectivity index (χ2n) is 4.24. The van der Waals surface area contributed by atoms with E-state index in [-0.39, 0.29) is 5.91 Å². The highest BCUT2D eigenvalue weighted by Gasteiger charge is 2.19. The molecule has 0 radical (unpaired) electrons. The second-order valence-corrected chi connectivity index (χ2v) is 5.18. The zero-order valence-electron chi connectivity index (χ0n) is 12.5. The minimum absolute atomic E-state index is 0.0499. The minimum Gasteiger partial charge on any atom is -0.479 e. The van der Waals surface area contributed by atoms with Crippen LogP contribution in [-0.4, -0.2) is 50.4 Å². The third-order valence-electron chi connectivity index (χ3n) is 2.87. The van der Waals surface area contributed by atoms with Crippen LogP contribution >= 0.6 is 11.8 Å². The summed E-state index contributed by atoms with van der Waals surface area (Å²) in [6, 6.07) is 0. The summed E-state index contributed by atoms with van der Waals surface area (Å²) in [5.41, 5.74) is 0.779. The van der Waals surface area contributed by atoms with Gasteiger partial charge in [-0.2, -0.15) is 0 Å². The Labute approximate surface area is 126 Å². The summed E-state index contributed by atoms with van der Waals surface area (Å²) in [6.45, 7) is 2.69. The highest BCUT2D eigenvalue weighted by atomic mass is 32.2. The Morgan fingerprint density at radius 1 is 1.48 bits per heavy atom. The van der Waals surface area contributed by atoms with Crippen LogP contribution in [0, 0.1) is 0 Å². The molecule has 0 saturated carbocycles. The van der Waals surface area contributed by atoms with Crippen LogP contribution in [0.2, 0.25) is 0 Å². The van der Waals surface area contributed by atoms with Crippen molar-refractivity contribution >= 4 is 17.7 Å². The molecule has 2 aromatic heterocycles. The van der Waals surface area contributed by atoms with Crippen molar-refractivity contribution in [2.75, 3.05) is 19.9 Å². The number of aromatic nitrogens is 5. The van der Waals surface area contributed by atoms with E-state index in [1.807, 2.05) is 24.7 Å². The molecular formula is C12H18N6O2S. The number of ether oxygens (including phenoxy) is 1. The van der Waals surface area contributed by atoms with Gasteiger partial charge >= 0.3 is 0 Å². The molecule has 9 heteroatoms. The number of rotatable bonds is 6. The number of carbonyl (C=O) groups excluding carboxylic acids is 1. The minimum atomic E-state index is -0.0499. The Balaban J connectivity index is 2.32. The molecular weight excluding hydrogens is 292 g/mol. The number of hydrogen-bond acceptors (Lipinski definition) is 6. The molecule has 0 atom stereocenters. The van der Waals surface area contributed by atoms with E-state index >= 15 is 0 Å². The molecule has 1 N–H and O–H groups in total. The topological polar surface area (TPSA) is 86.9 Å². The molecule has 0 aliphatic rings. The standard InChI is InChI=1S/C12H18N6O2S/c1-5-18-10(8-6-17(3)16-11(8)20-4)14-15-12(18)21-7-9(19)13-2/h6H,5,7H2,1-4H3,(H,13,19). The van der Waals surface area contributed by atoms with Gasteiger partial charge in [0.2, 0.25) is 11.8 Å². The highest BCUT2D eigenvalue weighted by molar-refractivity contribution is 7.99. The van der Waals surface area contributed by atoms with E-state index in [1.165, 1.54) is 11.8 Å². The number of nitrogens with zero attached hydrogens (tertiary/aromatic N) is 5. The first kappa shape index (κ1) is 15.4. The van der Waals surface area contributed by atoms with Crippen LogP contribution in [0.5, 0.6) is 5.88 Å². The highest BCUT2D eigenvalue weighted by Crippen LogP contribution is 2.29. The van der Waals surface area contributed by atoms with E-state index in [0.29, 0.717) is 29.2 Å². The molecule has 0 aliphatic heterocycles. The Bertz CT molecular complexity index is 636. The predicted octanol–water partition coefficient (Wildman–Crippen LogP) is 0.545. The van der Waals surface area contributed by atoms with Crippen LogP contribution in [0.1, 0.15) is 6.92 Å². The van der Waals surface area contributed by atoms with Gasteiger partial charge in [0.15, 0.2) is 11.0 Å². The Morgan fingerprint density at radius 3 is 2.86 bits per heavy atom. The summed E-state index contributed by atoms with van der Waals surface area (Å²) in [7, 11) is 5.00. The molecule has 0 spiro atoms. The van der Waals surface area contributed by atoms with E-state index < -0.39 is 0 Å². The average molecular weight is 310 g/mol. The van der Waals surface area contributed by atoms with E-state index in [9.17, 15) is 4.79 Å². The van der Waals surface area contributed by atoms with Gasteiger partial charge in [-0.3, -0.25) is 9.48 Å². The third-order valence-corrected chi connectivity index (χ3v) is 3.84. The van der Waals surface area contributed by atoms with E-state index in [1.54, 1.807) is 18.8 Å². The lowest BCUT2D eigenvalue weighted by atomic mass is 10.3. The second kappa shape index (κ2) is 6.61. The van der Waals surface area contributed by atoms with Crippen molar-refractivity contribution in [2.45, 2.75) is 18.6 Å². The summed E-state index contributed by atoms with van der Waals surface area (Å²) < 4.78 is 8.87. The zero-order valence-corrected chi connectivity index (χ0v) is 13.3. The fourth-order valence-electron chi connectivity index (χ4n) is 1.85. The number of nitrogens with one attached hydrogen (secondary N) is 1. The maximum Gasteiger partial charge on any atom is 0.243 e. The van der Waals surface area contributed by atoms with Gasteiger partial charge < -0.3 is 14.6 Å². The maximum atomic E-state index is 11.3. The van der Waals surface area contributed by atoms with Crippen LogP contribution in [0.3, 0.4) is 0 Å². The number of amides is 1. The fraction of sp³-hybridized carbons (Fsp3) is 0.500. The molecule has 1 amide bonds. The van der Waals surface area contributed by atoms with Gasteiger partial charge in [-0.05, 0) is 6.92 Å². The van der Waals surface area contributed by atoms with E-state index in [2.05, 4.69) is 20.6 Å². The van der Waals surface area contributed by atoms with Gasteiger partial charge in [-0.15, -0.1) is 15.3 Å². The van der Waals surface area contributed by atoms with Gasteiger partial charge in [0.25, 0.3) is 0 Å². The molecule has 0 fully saturated rings. The van der Waals surface area contributed by atoms with Crippen molar-refractivity contribution in [1.29, 1.82) is 0 Å². The molecule has 114 valence electrons. The van der Waals surface area contributed by atoms with Crippen molar-refractivity contribution in [1.82, 2.24) is 29.9 Å². The number of aryl methyl sites for hydroxylation is 1. The Kier molecular flexibility index (Phi) is 4.84. The molecule has 0 aromatic carbocycles. The number of hydrogen-bond donors (Lipinski definition) is 1. The average Bonchev–Trinajstić information content (AvgIpc) is 3.06. The summed E-state index contributed by atoms with van der Waals surface area (Å²) in [6.07, 6.45) is 1.84. The molecule has 21 heavy (non-hydrogen) atoms. The smallest absolute Gasteiger partial charge is 0.243 e. The van der Waals surface area contributed by atoms with Gasteiger partial charge in [-0.25, -0.2) is 0 Å². The summed E-state index contributed by atoms with van der Waals surface area (Å²) in [5.74, 6) is 1.44. The van der Waals surface area contributed by atoms with Crippen molar-refractivity contribution in [3.63, 3.8) is 0 Å². The summed E-state index contributed by atoms with van der Waals surface area (Å²) >= 11 is 1.35. The molecule has 0 aliphatic carbocycles. The van der Waals surface area contributed by atoms with Crippen molar-refractivity contribution in [2.24, 2.45) is 7.05 Å². The molecule has 8 nitrogen and oxygen atoms in total. The van der Waals surface area contributed by atoms with Crippen LogP contribution in [0.4, 0.5) is 0 Å². The van der Waals surface area contributed by atoms with Gasteiger partial charge in [0, 0.05) is 26.8 Å². The first-order valence-electron chi connectivity index (χ1n) is 6.45. The molecule has 2 rings (SSSR count). The summed E-state index contributed by atoms with van der Waals surface area (Å²) in [5, 5.41) is 15.9. The quantitative estimate of drug-likeness (QED) is 0.784. The van der Waals surface area contributed by atoms with Crippen molar-refractivity contribution < 1.29 is 9.53 Å². The molecule has 0 saturated heterocycles. The maximum absolute atomic E-state index is 11.3. The van der Waals surface area contributed by atoms with E-state index in [4.69, 9.17) is 4.74 Å². The SMILES string of the molecule is CCn1c(SCC(=O)NC)nnc1-c1cn(C)nc1OC. The van der Waals surface area contributed by atoms with Crippen LogP contribution in [0.15, 0.2) is 11.4 Å². The molecule has 2 heterocycles. The molecule has 0 bridgehead atoms. The van der Waals surface area contributed by atoms with E-state index in [0.717, 1.165) is 5.56 Å². The summed E-state index contributed by atoms with van der Waals surface area (Å²) in [4.78, 5) is 11.3. The lowest BCUT2D eigenvalue weighted by Crippen LogP contribution is -2.20. The predicted molar refractivity (Wildman–Crippen MR) is 79.2 cm³/mol. The fourth-order valence-corrected chi connectivity index (χ4v) is 2.73. The lowest BCUT2D eigenvalue weighted by molar-refractivity contribution is -0.118. The number of thioether (sulfide) groups is 1. The monoisotopic (exact) mass is 310 g/mol. The Morgan fingerprint density at radius 2 is 2.24 bits per heavy atom. The third kappa shape index (κ3) is 3.18. The first-order valence-corrected chi connectivity index (χ1v) is 7.43. The van der Waals surface area contributed by atoms with Crippen LogP contribution in [0.25, 0.3) is 11.4 Å². The lowest BCUT2D eigenvalue weighted by Gasteiger charge is -2.06. The number of methoxy groups -OCH3 is 1. The normalized spacial score (nSPS) is 10.7. The van der Waals surface area contributed by atoms with Gasteiger partial charge in [0.05, 0.1) is 12.9 Å². The van der Waals surface area contributed by atoms with Gasteiger partial charge in [0.1, 0.15) is 5.56 Å². The van der Waals surface area contributed by atoms with Crippen molar-refractivity contribution in [3.8, 4) is 17.3 Å². The molecule has 2 aromatic rings. The first-order chi connectivity index (χ1) is 10.1. The van der Waals surface area contributed by atoms with Gasteiger partial charge in [-0.1, -0.05) is 11.8 Å².